The van der Waals surface area contributed by atoms with E-state index in [0.717, 1.165) is 12.8 Å². The van der Waals surface area contributed by atoms with Crippen LogP contribution in [0, 0.1) is 0 Å². The zero-order chi connectivity index (χ0) is 19.8. The number of hydrogen-bond donors (Lipinski definition) is 2. The van der Waals surface area contributed by atoms with Crippen LogP contribution in [-0.4, -0.2) is 56.0 Å². The molecule has 0 aliphatic carbocycles. The molecule has 0 atom stereocenters. The third-order valence-corrected chi connectivity index (χ3v) is 4.50. The van der Waals surface area contributed by atoms with Crippen molar-refractivity contribution in [2.45, 2.75) is 65.1 Å². The Hall–Kier alpha value is -2.58. The maximum atomic E-state index is 12.4. The molecule has 9 nitrogen and oxygen atoms in total. The summed E-state index contributed by atoms with van der Waals surface area (Å²) in [5, 5.41) is 8.09. The van der Waals surface area contributed by atoms with Gasteiger partial charge in [0.25, 0.3) is 5.56 Å². The van der Waals surface area contributed by atoms with E-state index in [1.165, 1.54) is 0 Å². The van der Waals surface area contributed by atoms with E-state index in [1.807, 2.05) is 34.6 Å². The average Bonchev–Trinajstić information content (AvgIpc) is 2.99. The van der Waals surface area contributed by atoms with Gasteiger partial charge in [-0.1, -0.05) is 0 Å². The van der Waals surface area contributed by atoms with Gasteiger partial charge >= 0.3 is 6.09 Å². The Morgan fingerprint density at radius 2 is 2.00 bits per heavy atom. The summed E-state index contributed by atoms with van der Waals surface area (Å²) in [5.41, 5.74) is 0.0738. The van der Waals surface area contributed by atoms with Crippen LogP contribution >= 0.6 is 0 Å². The predicted molar refractivity (Wildman–Crippen MR) is 103 cm³/mol. The van der Waals surface area contributed by atoms with E-state index in [4.69, 9.17) is 4.74 Å². The molecule has 27 heavy (non-hydrogen) atoms. The summed E-state index contributed by atoms with van der Waals surface area (Å²) in [6.45, 7) is 10.9. The number of ether oxygens (including phenoxy) is 1. The first kappa shape index (κ1) is 19.2. The largest absolute Gasteiger partial charge is 0.447 e. The lowest BCUT2D eigenvalue weighted by Gasteiger charge is -2.32. The molecule has 0 spiro atoms. The van der Waals surface area contributed by atoms with E-state index >= 15 is 0 Å². The van der Waals surface area contributed by atoms with Gasteiger partial charge in [-0.15, -0.1) is 0 Å². The summed E-state index contributed by atoms with van der Waals surface area (Å²) < 4.78 is 7.00. The summed E-state index contributed by atoms with van der Waals surface area (Å²) in [5.74, 6) is 0.432. The van der Waals surface area contributed by atoms with E-state index < -0.39 is 0 Å². The molecule has 9 heteroatoms. The first-order chi connectivity index (χ1) is 12.6. The second-order valence-corrected chi connectivity index (χ2v) is 8.22. The minimum Gasteiger partial charge on any atom is -0.447 e. The molecule has 0 aromatic carbocycles. The van der Waals surface area contributed by atoms with Crippen molar-refractivity contribution in [3.8, 4) is 0 Å². The fourth-order valence-electron chi connectivity index (χ4n) is 3.15. The maximum Gasteiger partial charge on any atom is 0.410 e. The Labute approximate surface area is 158 Å². The Balaban J connectivity index is 1.71. The molecule has 3 rings (SSSR count). The van der Waals surface area contributed by atoms with Gasteiger partial charge in [-0.3, -0.25) is 9.78 Å². The molecule has 148 valence electrons. The van der Waals surface area contributed by atoms with E-state index in [-0.39, 0.29) is 29.3 Å². The van der Waals surface area contributed by atoms with Crippen molar-refractivity contribution in [3.05, 3.63) is 16.6 Å². The molecular weight excluding hydrogens is 348 g/mol. The maximum absolute atomic E-state index is 12.4. The minimum atomic E-state index is -0.276. The number of hydrogen-bond acceptors (Lipinski definition) is 6. The second kappa shape index (κ2) is 7.21. The van der Waals surface area contributed by atoms with Gasteiger partial charge in [-0.05, 0) is 47.5 Å². The Morgan fingerprint density at radius 3 is 2.59 bits per heavy atom. The number of rotatable bonds is 3. The Morgan fingerprint density at radius 1 is 1.33 bits per heavy atom. The van der Waals surface area contributed by atoms with Crippen LogP contribution in [0.15, 0.2) is 11.0 Å². The van der Waals surface area contributed by atoms with Crippen LogP contribution in [0.2, 0.25) is 0 Å². The zero-order valence-electron chi connectivity index (χ0n) is 16.6. The van der Waals surface area contributed by atoms with Crippen molar-refractivity contribution >= 4 is 23.1 Å². The van der Waals surface area contributed by atoms with Gasteiger partial charge < -0.3 is 15.0 Å². The van der Waals surface area contributed by atoms with Gasteiger partial charge in [-0.25, -0.2) is 9.48 Å². The summed E-state index contributed by atoms with van der Waals surface area (Å²) >= 11 is 0. The Kier molecular flexibility index (Phi) is 5.12. The van der Waals surface area contributed by atoms with Crippen molar-refractivity contribution in [1.29, 1.82) is 0 Å². The summed E-state index contributed by atoms with van der Waals surface area (Å²) in [7, 11) is 0. The molecule has 0 unspecified atom stereocenters. The highest BCUT2D eigenvalue weighted by Gasteiger charge is 2.25. The molecule has 0 saturated carbocycles. The smallest absolute Gasteiger partial charge is 0.410 e. The fraction of sp³-hybridized carbons (Fsp3) is 0.667. The number of nitrogens with one attached hydrogen (secondary N) is 2. The van der Waals surface area contributed by atoms with Gasteiger partial charge in [0.05, 0.1) is 17.8 Å². The molecule has 1 aliphatic rings. The minimum absolute atomic E-state index is 0.123. The lowest BCUT2D eigenvalue weighted by atomic mass is 10.1. The van der Waals surface area contributed by atoms with Crippen LogP contribution in [0.5, 0.6) is 0 Å². The number of aromatic amines is 1. The number of fused-ring (bicyclic) bond motifs is 1. The molecular formula is C18H28N6O3. The lowest BCUT2D eigenvalue weighted by Crippen LogP contribution is -2.43. The third-order valence-electron chi connectivity index (χ3n) is 4.50. The second-order valence-electron chi connectivity index (χ2n) is 8.22. The standard InChI is InChI=1S/C18H28N6O3/c1-11(2)27-17(26)23-8-6-12(7-9-23)20-16-21-14-13(15(25)22-16)10-19-24(14)18(3,4)5/h10-12H,6-9H2,1-5H3,(H2,20,21,22,25). The summed E-state index contributed by atoms with van der Waals surface area (Å²) in [6.07, 6.45) is 2.67. The average molecular weight is 376 g/mol. The third kappa shape index (κ3) is 4.23. The van der Waals surface area contributed by atoms with Crippen molar-refractivity contribution in [1.82, 2.24) is 24.6 Å². The van der Waals surface area contributed by atoms with Crippen LogP contribution in [-0.2, 0) is 10.3 Å². The first-order valence-electron chi connectivity index (χ1n) is 9.36. The van der Waals surface area contributed by atoms with E-state index in [0.29, 0.717) is 30.1 Å². The number of piperidine rings is 1. The van der Waals surface area contributed by atoms with Crippen LogP contribution in [0.1, 0.15) is 47.5 Å². The predicted octanol–water partition coefficient (Wildman–Crippen LogP) is 2.30. The monoisotopic (exact) mass is 376 g/mol. The van der Waals surface area contributed by atoms with Gasteiger partial charge in [0, 0.05) is 19.1 Å². The van der Waals surface area contributed by atoms with Crippen LogP contribution < -0.4 is 10.9 Å². The van der Waals surface area contributed by atoms with Crippen molar-refractivity contribution in [2.75, 3.05) is 18.4 Å². The highest BCUT2D eigenvalue weighted by molar-refractivity contribution is 5.74. The number of carbonyl (C=O) groups is 1. The molecule has 0 radical (unpaired) electrons. The molecule has 1 amide bonds. The van der Waals surface area contributed by atoms with Gasteiger partial charge in [0.1, 0.15) is 5.39 Å². The molecule has 2 aromatic rings. The molecule has 2 N–H and O–H groups in total. The van der Waals surface area contributed by atoms with Crippen LogP contribution in [0.4, 0.5) is 10.7 Å². The lowest BCUT2D eigenvalue weighted by molar-refractivity contribution is 0.0701. The normalized spacial score (nSPS) is 16.1. The Bertz CT molecular complexity index is 871. The molecule has 1 saturated heterocycles. The highest BCUT2D eigenvalue weighted by atomic mass is 16.6. The topological polar surface area (TPSA) is 105 Å². The van der Waals surface area contributed by atoms with Crippen molar-refractivity contribution < 1.29 is 9.53 Å². The number of aromatic nitrogens is 4. The SMILES string of the molecule is CC(C)OC(=O)N1CCC(Nc2nc3c(cnn3C(C)(C)C)c(=O)[nH]2)CC1. The number of nitrogens with zero attached hydrogens (tertiary/aromatic N) is 4. The van der Waals surface area contributed by atoms with Crippen molar-refractivity contribution in [3.63, 3.8) is 0 Å². The number of anilines is 1. The molecule has 1 fully saturated rings. The fourth-order valence-corrected chi connectivity index (χ4v) is 3.15. The van der Waals surface area contributed by atoms with Crippen LogP contribution in [0.25, 0.3) is 11.0 Å². The number of likely N-dealkylation sites (tertiary alicyclic amines) is 1. The number of carbonyl (C=O) groups excluding carboxylic acids is 1. The quantitative estimate of drug-likeness (QED) is 0.851. The molecule has 1 aliphatic heterocycles. The summed E-state index contributed by atoms with van der Waals surface area (Å²) in [6, 6.07) is 0.125. The van der Waals surface area contributed by atoms with E-state index in [1.54, 1.807) is 15.8 Å². The zero-order valence-corrected chi connectivity index (χ0v) is 16.6. The molecule has 0 bridgehead atoms. The van der Waals surface area contributed by atoms with Crippen LogP contribution in [0.3, 0.4) is 0 Å². The summed E-state index contributed by atoms with van der Waals surface area (Å²) in [4.78, 5) is 33.4. The van der Waals surface area contributed by atoms with Gasteiger partial charge in [0.15, 0.2) is 5.65 Å². The van der Waals surface area contributed by atoms with E-state index in [2.05, 4.69) is 20.4 Å². The van der Waals surface area contributed by atoms with Gasteiger partial charge in [0.2, 0.25) is 5.95 Å². The number of amides is 1. The van der Waals surface area contributed by atoms with E-state index in [9.17, 15) is 9.59 Å². The molecule has 2 aromatic heterocycles. The van der Waals surface area contributed by atoms with Crippen molar-refractivity contribution in [2.24, 2.45) is 0 Å². The number of H-pyrrole nitrogens is 1. The first-order valence-corrected chi connectivity index (χ1v) is 9.36. The molecule has 3 heterocycles. The highest BCUT2D eigenvalue weighted by Crippen LogP contribution is 2.20. The van der Waals surface area contributed by atoms with Gasteiger partial charge in [-0.2, -0.15) is 10.1 Å².